The highest BCUT2D eigenvalue weighted by Gasteiger charge is 2.26. The van der Waals surface area contributed by atoms with E-state index in [9.17, 15) is 4.79 Å². The van der Waals surface area contributed by atoms with Gasteiger partial charge < -0.3 is 15.0 Å². The first-order valence-electron chi connectivity index (χ1n) is 7.71. The second kappa shape index (κ2) is 7.57. The third-order valence-electron chi connectivity index (χ3n) is 4.00. The quantitative estimate of drug-likeness (QED) is 0.904. The molecule has 1 amide bonds. The zero-order valence-electron chi connectivity index (χ0n) is 13.2. The number of benzene rings is 1. The van der Waals surface area contributed by atoms with Gasteiger partial charge in [-0.3, -0.25) is 4.79 Å². The van der Waals surface area contributed by atoms with E-state index in [0.717, 1.165) is 13.2 Å². The van der Waals surface area contributed by atoms with Crippen LogP contribution in [-0.2, 0) is 9.53 Å². The Morgan fingerprint density at radius 2 is 2.10 bits per heavy atom. The fourth-order valence-corrected chi connectivity index (χ4v) is 2.97. The maximum absolute atomic E-state index is 12.6. The van der Waals surface area contributed by atoms with E-state index >= 15 is 0 Å². The third-order valence-corrected chi connectivity index (χ3v) is 4.00. The summed E-state index contributed by atoms with van der Waals surface area (Å²) < 4.78 is 5.42. The molecule has 0 aromatic heterocycles. The first-order valence-corrected chi connectivity index (χ1v) is 7.71. The van der Waals surface area contributed by atoms with Crippen LogP contribution < -0.4 is 5.32 Å². The Kier molecular flexibility index (Phi) is 5.76. The molecule has 0 saturated carbocycles. The number of hydrogen-bond donors (Lipinski definition) is 1. The molecule has 2 unspecified atom stereocenters. The molecule has 21 heavy (non-hydrogen) atoms. The molecule has 2 rings (SSSR count). The van der Waals surface area contributed by atoms with Crippen LogP contribution in [0.2, 0.25) is 0 Å². The van der Waals surface area contributed by atoms with Gasteiger partial charge in [0.05, 0.1) is 19.3 Å². The van der Waals surface area contributed by atoms with Crippen molar-refractivity contribution in [1.29, 1.82) is 0 Å². The number of amides is 1. The van der Waals surface area contributed by atoms with Crippen LogP contribution in [0.1, 0.15) is 31.9 Å². The van der Waals surface area contributed by atoms with Gasteiger partial charge in [0.1, 0.15) is 0 Å². The molecule has 1 heterocycles. The highest BCUT2D eigenvalue weighted by molar-refractivity contribution is 5.77. The van der Waals surface area contributed by atoms with Crippen molar-refractivity contribution in [3.63, 3.8) is 0 Å². The molecule has 4 nitrogen and oxygen atoms in total. The average Bonchev–Trinajstić information content (AvgIpc) is 2.49. The molecular formula is C17H26N2O2. The number of nitrogens with one attached hydrogen (secondary N) is 1. The van der Waals surface area contributed by atoms with Crippen LogP contribution in [0, 0.1) is 5.92 Å². The van der Waals surface area contributed by atoms with Crippen LogP contribution in [0.15, 0.2) is 30.3 Å². The average molecular weight is 290 g/mol. The van der Waals surface area contributed by atoms with E-state index in [1.807, 2.05) is 30.1 Å². The molecule has 2 atom stereocenters. The predicted octanol–water partition coefficient (Wildman–Crippen LogP) is 2.22. The van der Waals surface area contributed by atoms with E-state index < -0.39 is 0 Å². The van der Waals surface area contributed by atoms with Gasteiger partial charge in [0.25, 0.3) is 0 Å². The van der Waals surface area contributed by atoms with Crippen LogP contribution in [-0.4, -0.2) is 43.7 Å². The zero-order chi connectivity index (χ0) is 15.2. The molecule has 1 aromatic rings. The van der Waals surface area contributed by atoms with Gasteiger partial charge in [0.2, 0.25) is 5.91 Å². The molecular weight excluding hydrogens is 264 g/mol. The number of ether oxygens (including phenoxy) is 1. The summed E-state index contributed by atoms with van der Waals surface area (Å²) in [5, 5.41) is 3.34. The SMILES string of the molecule is CC(C)C(c1ccccc1)N(C)C(=O)CC1COCCN1. The van der Waals surface area contributed by atoms with Crippen LogP contribution >= 0.6 is 0 Å². The molecule has 0 spiro atoms. The van der Waals surface area contributed by atoms with E-state index in [1.165, 1.54) is 5.56 Å². The van der Waals surface area contributed by atoms with E-state index in [1.54, 1.807) is 0 Å². The van der Waals surface area contributed by atoms with Gasteiger partial charge in [-0.05, 0) is 11.5 Å². The summed E-state index contributed by atoms with van der Waals surface area (Å²) in [6.45, 7) is 6.50. The molecule has 0 radical (unpaired) electrons. The Balaban J connectivity index is 2.04. The number of nitrogens with zero attached hydrogens (tertiary/aromatic N) is 1. The van der Waals surface area contributed by atoms with Gasteiger partial charge in [0.15, 0.2) is 0 Å². The lowest BCUT2D eigenvalue weighted by atomic mass is 9.94. The van der Waals surface area contributed by atoms with Crippen molar-refractivity contribution in [2.75, 3.05) is 26.8 Å². The maximum Gasteiger partial charge on any atom is 0.224 e. The highest BCUT2D eigenvalue weighted by Crippen LogP contribution is 2.28. The Labute approximate surface area is 127 Å². The normalized spacial score (nSPS) is 20.3. The van der Waals surface area contributed by atoms with Gasteiger partial charge in [-0.25, -0.2) is 0 Å². The third kappa shape index (κ3) is 4.29. The molecule has 1 aliphatic rings. The van der Waals surface area contributed by atoms with Crippen molar-refractivity contribution >= 4 is 5.91 Å². The number of hydrogen-bond acceptors (Lipinski definition) is 3. The standard InChI is InChI=1S/C17H26N2O2/c1-13(2)17(14-7-5-4-6-8-14)19(3)16(20)11-15-12-21-10-9-18-15/h4-8,13,15,17-18H,9-12H2,1-3H3. The van der Waals surface area contributed by atoms with Crippen LogP contribution in [0.4, 0.5) is 0 Å². The minimum absolute atomic E-state index is 0.114. The molecule has 4 heteroatoms. The highest BCUT2D eigenvalue weighted by atomic mass is 16.5. The minimum atomic E-state index is 0.114. The number of carbonyl (C=O) groups is 1. The summed E-state index contributed by atoms with van der Waals surface area (Å²) in [5.74, 6) is 0.539. The minimum Gasteiger partial charge on any atom is -0.378 e. The van der Waals surface area contributed by atoms with Crippen molar-refractivity contribution in [1.82, 2.24) is 10.2 Å². The van der Waals surface area contributed by atoms with E-state index in [4.69, 9.17) is 4.74 Å². The molecule has 1 aliphatic heterocycles. The number of carbonyl (C=O) groups excluding carboxylic acids is 1. The summed E-state index contributed by atoms with van der Waals surface area (Å²) in [4.78, 5) is 14.4. The van der Waals surface area contributed by atoms with Crippen molar-refractivity contribution < 1.29 is 9.53 Å². The van der Waals surface area contributed by atoms with Crippen LogP contribution in [0.25, 0.3) is 0 Å². The van der Waals surface area contributed by atoms with E-state index in [2.05, 4.69) is 31.3 Å². The first kappa shape index (κ1) is 16.0. The lowest BCUT2D eigenvalue weighted by Gasteiger charge is -2.33. The molecule has 1 N–H and O–H groups in total. The van der Waals surface area contributed by atoms with E-state index in [-0.39, 0.29) is 18.0 Å². The fraction of sp³-hybridized carbons (Fsp3) is 0.588. The smallest absolute Gasteiger partial charge is 0.224 e. The molecule has 0 bridgehead atoms. The molecule has 116 valence electrons. The summed E-state index contributed by atoms with van der Waals surface area (Å²) in [6.07, 6.45) is 0.493. The van der Waals surface area contributed by atoms with Crippen molar-refractivity contribution in [2.24, 2.45) is 5.92 Å². The van der Waals surface area contributed by atoms with Gasteiger partial charge in [-0.15, -0.1) is 0 Å². The fourth-order valence-electron chi connectivity index (χ4n) is 2.97. The second-order valence-electron chi connectivity index (χ2n) is 6.03. The lowest BCUT2D eigenvalue weighted by Crippen LogP contribution is -2.45. The molecule has 1 aromatic carbocycles. The maximum atomic E-state index is 12.6. The summed E-state index contributed by atoms with van der Waals surface area (Å²) in [5.41, 5.74) is 1.19. The van der Waals surface area contributed by atoms with Gasteiger partial charge in [-0.2, -0.15) is 0 Å². The van der Waals surface area contributed by atoms with E-state index in [0.29, 0.717) is 18.9 Å². The van der Waals surface area contributed by atoms with Crippen molar-refractivity contribution in [2.45, 2.75) is 32.4 Å². The van der Waals surface area contributed by atoms with Crippen LogP contribution in [0.5, 0.6) is 0 Å². The Hall–Kier alpha value is -1.39. The second-order valence-corrected chi connectivity index (χ2v) is 6.03. The number of morpholine rings is 1. The van der Waals surface area contributed by atoms with Crippen LogP contribution in [0.3, 0.4) is 0 Å². The molecule has 1 saturated heterocycles. The number of rotatable bonds is 5. The van der Waals surface area contributed by atoms with Gasteiger partial charge in [0, 0.05) is 26.1 Å². The monoisotopic (exact) mass is 290 g/mol. The van der Waals surface area contributed by atoms with Gasteiger partial charge >= 0.3 is 0 Å². The Morgan fingerprint density at radius 1 is 1.38 bits per heavy atom. The molecule has 0 aliphatic carbocycles. The summed E-state index contributed by atoms with van der Waals surface area (Å²) in [6, 6.07) is 10.5. The summed E-state index contributed by atoms with van der Waals surface area (Å²) in [7, 11) is 1.91. The van der Waals surface area contributed by atoms with Gasteiger partial charge in [-0.1, -0.05) is 44.2 Å². The summed E-state index contributed by atoms with van der Waals surface area (Å²) >= 11 is 0. The Bertz CT molecular complexity index is 441. The Morgan fingerprint density at radius 3 is 2.67 bits per heavy atom. The van der Waals surface area contributed by atoms with Crippen molar-refractivity contribution in [3.05, 3.63) is 35.9 Å². The first-order chi connectivity index (χ1) is 10.1. The zero-order valence-corrected chi connectivity index (χ0v) is 13.2. The molecule has 1 fully saturated rings. The van der Waals surface area contributed by atoms with Crippen molar-refractivity contribution in [3.8, 4) is 0 Å². The lowest BCUT2D eigenvalue weighted by molar-refractivity contribution is -0.134. The largest absolute Gasteiger partial charge is 0.378 e. The topological polar surface area (TPSA) is 41.6 Å². The predicted molar refractivity (Wildman–Crippen MR) is 84.0 cm³/mol.